The van der Waals surface area contributed by atoms with Crippen molar-refractivity contribution in [2.24, 2.45) is 5.92 Å². The molecule has 0 amide bonds. The predicted molar refractivity (Wildman–Crippen MR) is 94.7 cm³/mol. The Kier molecular flexibility index (Phi) is 4.63. The van der Waals surface area contributed by atoms with Crippen molar-refractivity contribution in [2.75, 3.05) is 26.7 Å². The third kappa shape index (κ3) is 3.61. The molecule has 1 aromatic heterocycles. The summed E-state index contributed by atoms with van der Waals surface area (Å²) in [7, 11) is 2.15. The molecule has 1 fully saturated rings. The van der Waals surface area contributed by atoms with Crippen molar-refractivity contribution in [1.29, 1.82) is 0 Å². The highest BCUT2D eigenvalue weighted by Crippen LogP contribution is 2.32. The summed E-state index contributed by atoms with van der Waals surface area (Å²) in [6.45, 7) is 9.00. The summed E-state index contributed by atoms with van der Waals surface area (Å²) in [5.41, 5.74) is 1.02. The van der Waals surface area contributed by atoms with E-state index in [-0.39, 0.29) is 5.41 Å². The molecule has 0 radical (unpaired) electrons. The maximum atomic E-state index is 11.9. The highest BCUT2D eigenvalue weighted by Gasteiger charge is 2.23. The number of piperidine rings is 1. The van der Waals surface area contributed by atoms with Gasteiger partial charge in [0.25, 0.3) is 0 Å². The van der Waals surface area contributed by atoms with Crippen LogP contribution in [0, 0.1) is 5.92 Å². The lowest BCUT2D eigenvalue weighted by atomic mass is 9.89. The summed E-state index contributed by atoms with van der Waals surface area (Å²) in [5, 5.41) is 0.850. The first kappa shape index (κ1) is 17.0. The molecule has 1 saturated heterocycles. The van der Waals surface area contributed by atoms with Crippen LogP contribution in [0.2, 0.25) is 0 Å². The summed E-state index contributed by atoms with van der Waals surface area (Å²) in [6, 6.07) is 5.74. The van der Waals surface area contributed by atoms with Crippen molar-refractivity contribution < 1.29 is 9.15 Å². The number of likely N-dealkylation sites (tertiary alicyclic amines) is 1. The highest BCUT2D eigenvalue weighted by molar-refractivity contribution is 5.85. The first-order valence-corrected chi connectivity index (χ1v) is 8.60. The quantitative estimate of drug-likeness (QED) is 0.865. The number of para-hydroxylation sites is 1. The first-order valence-electron chi connectivity index (χ1n) is 8.60. The largest absolute Gasteiger partial charge is 0.489 e. The Morgan fingerprint density at radius 1 is 1.29 bits per heavy atom. The van der Waals surface area contributed by atoms with Gasteiger partial charge >= 0.3 is 5.76 Å². The van der Waals surface area contributed by atoms with Crippen LogP contribution in [0.15, 0.2) is 27.4 Å². The third-order valence-electron chi connectivity index (χ3n) is 4.65. The lowest BCUT2D eigenvalue weighted by molar-refractivity contribution is 0.160. The molecular weight excluding hydrogens is 304 g/mol. The molecule has 0 atom stereocenters. The van der Waals surface area contributed by atoms with Gasteiger partial charge in [-0.3, -0.25) is 0 Å². The van der Waals surface area contributed by atoms with Crippen molar-refractivity contribution in [3.05, 3.63) is 34.4 Å². The topological polar surface area (TPSA) is 55.6 Å². The molecule has 2 heterocycles. The maximum Gasteiger partial charge on any atom is 0.439 e. The van der Waals surface area contributed by atoms with Crippen LogP contribution in [0.1, 0.15) is 39.3 Å². The lowest BCUT2D eigenvalue weighted by Gasteiger charge is -2.28. The number of fused-ring (bicyclic) bond motifs is 1. The lowest BCUT2D eigenvalue weighted by Crippen LogP contribution is -2.32. The van der Waals surface area contributed by atoms with E-state index in [1.807, 2.05) is 39.0 Å². The van der Waals surface area contributed by atoms with Crippen molar-refractivity contribution in [1.82, 2.24) is 9.88 Å². The van der Waals surface area contributed by atoms with Crippen LogP contribution in [0.4, 0.5) is 0 Å². The molecule has 1 aliphatic heterocycles. The maximum absolute atomic E-state index is 11.9. The predicted octanol–water partition coefficient (Wildman–Crippen LogP) is 3.21. The van der Waals surface area contributed by atoms with Gasteiger partial charge in [-0.1, -0.05) is 26.8 Å². The van der Waals surface area contributed by atoms with Crippen LogP contribution < -0.4 is 10.5 Å². The van der Waals surface area contributed by atoms with Gasteiger partial charge in [0.1, 0.15) is 0 Å². The second-order valence-electron chi connectivity index (χ2n) is 7.77. The van der Waals surface area contributed by atoms with Gasteiger partial charge in [-0.2, -0.15) is 4.98 Å². The average molecular weight is 330 g/mol. The number of ether oxygens (including phenoxy) is 1. The van der Waals surface area contributed by atoms with Crippen LogP contribution in [-0.2, 0) is 5.41 Å². The van der Waals surface area contributed by atoms with Gasteiger partial charge in [-0.25, -0.2) is 4.79 Å². The van der Waals surface area contributed by atoms with Gasteiger partial charge in [0.15, 0.2) is 11.3 Å². The van der Waals surface area contributed by atoms with E-state index in [4.69, 9.17) is 9.15 Å². The molecule has 130 valence electrons. The fraction of sp³-hybridized carbons (Fsp3) is 0.579. The van der Waals surface area contributed by atoms with Gasteiger partial charge in [-0.05, 0) is 51.0 Å². The molecule has 3 rings (SSSR count). The molecule has 5 heteroatoms. The minimum Gasteiger partial charge on any atom is -0.489 e. The zero-order valence-corrected chi connectivity index (χ0v) is 15.0. The average Bonchev–Trinajstić information content (AvgIpc) is 2.53. The van der Waals surface area contributed by atoms with Gasteiger partial charge in [0, 0.05) is 10.8 Å². The van der Waals surface area contributed by atoms with Crippen LogP contribution in [0.3, 0.4) is 0 Å². The molecule has 2 aromatic rings. The van der Waals surface area contributed by atoms with Crippen LogP contribution in [-0.4, -0.2) is 36.6 Å². The van der Waals surface area contributed by atoms with E-state index in [0.717, 1.165) is 37.0 Å². The monoisotopic (exact) mass is 330 g/mol. The molecule has 0 saturated carbocycles. The van der Waals surface area contributed by atoms with E-state index in [0.29, 0.717) is 23.9 Å². The van der Waals surface area contributed by atoms with E-state index >= 15 is 0 Å². The van der Waals surface area contributed by atoms with Gasteiger partial charge in [0.05, 0.1) is 12.3 Å². The van der Waals surface area contributed by atoms with Crippen molar-refractivity contribution in [2.45, 2.75) is 39.0 Å². The van der Waals surface area contributed by atoms with E-state index in [1.165, 1.54) is 0 Å². The Bertz CT molecular complexity index is 768. The Labute approximate surface area is 142 Å². The van der Waals surface area contributed by atoms with Gasteiger partial charge < -0.3 is 14.1 Å². The molecule has 0 bridgehead atoms. The van der Waals surface area contributed by atoms with Gasteiger partial charge in [-0.15, -0.1) is 0 Å². The Morgan fingerprint density at radius 3 is 2.67 bits per heavy atom. The molecule has 0 aliphatic carbocycles. The Balaban J connectivity index is 1.89. The smallest absolute Gasteiger partial charge is 0.439 e. The number of rotatable bonds is 3. The Morgan fingerprint density at radius 2 is 2.00 bits per heavy atom. The SMILES string of the molecule is CN1CCC(COc2cccc3c(C(C)(C)C)nc(=O)oc23)CC1. The van der Waals surface area contributed by atoms with Crippen LogP contribution in [0.25, 0.3) is 11.0 Å². The van der Waals surface area contributed by atoms with E-state index in [2.05, 4.69) is 16.9 Å². The molecule has 1 aliphatic rings. The summed E-state index contributed by atoms with van der Waals surface area (Å²) >= 11 is 0. The second kappa shape index (κ2) is 6.55. The molecule has 0 N–H and O–H groups in total. The molecule has 1 aromatic carbocycles. The van der Waals surface area contributed by atoms with Crippen molar-refractivity contribution in [3.63, 3.8) is 0 Å². The number of hydrogen-bond acceptors (Lipinski definition) is 5. The number of nitrogens with zero attached hydrogens (tertiary/aromatic N) is 2. The molecule has 0 spiro atoms. The molecule has 24 heavy (non-hydrogen) atoms. The zero-order valence-electron chi connectivity index (χ0n) is 15.0. The van der Waals surface area contributed by atoms with Gasteiger partial charge in [0.2, 0.25) is 0 Å². The zero-order chi connectivity index (χ0) is 17.3. The van der Waals surface area contributed by atoms with E-state index < -0.39 is 5.76 Å². The fourth-order valence-corrected chi connectivity index (χ4v) is 3.19. The summed E-state index contributed by atoms with van der Waals surface area (Å²) in [4.78, 5) is 18.3. The van der Waals surface area contributed by atoms with Crippen molar-refractivity contribution >= 4 is 11.0 Å². The summed E-state index contributed by atoms with van der Waals surface area (Å²) in [6.07, 6.45) is 2.28. The summed E-state index contributed by atoms with van der Waals surface area (Å²) < 4.78 is 11.4. The number of aromatic nitrogens is 1. The number of hydrogen-bond donors (Lipinski definition) is 0. The van der Waals surface area contributed by atoms with E-state index in [9.17, 15) is 4.79 Å². The number of benzene rings is 1. The third-order valence-corrected chi connectivity index (χ3v) is 4.65. The molecular formula is C19H26N2O3. The fourth-order valence-electron chi connectivity index (χ4n) is 3.19. The van der Waals surface area contributed by atoms with Crippen LogP contribution >= 0.6 is 0 Å². The second-order valence-corrected chi connectivity index (χ2v) is 7.77. The minimum absolute atomic E-state index is 0.235. The summed E-state index contributed by atoms with van der Waals surface area (Å²) in [5.74, 6) is 0.617. The normalized spacial score (nSPS) is 17.3. The standard InChI is InChI=1S/C19H26N2O3/c1-19(2,3)17-14-6-5-7-15(16(14)24-18(22)20-17)23-12-13-8-10-21(4)11-9-13/h5-7,13H,8-12H2,1-4H3. The molecule has 5 nitrogen and oxygen atoms in total. The highest BCUT2D eigenvalue weighted by atomic mass is 16.5. The van der Waals surface area contributed by atoms with Crippen LogP contribution in [0.5, 0.6) is 5.75 Å². The van der Waals surface area contributed by atoms with E-state index in [1.54, 1.807) is 0 Å². The molecule has 0 unspecified atom stereocenters. The van der Waals surface area contributed by atoms with Crippen molar-refractivity contribution in [3.8, 4) is 5.75 Å². The first-order chi connectivity index (χ1) is 11.3. The Hall–Kier alpha value is -1.88. The minimum atomic E-state index is -0.567.